The van der Waals surface area contributed by atoms with Gasteiger partial charge in [0.15, 0.2) is 0 Å². The zero-order valence-corrected chi connectivity index (χ0v) is 10.5. The van der Waals surface area contributed by atoms with Crippen molar-refractivity contribution in [3.8, 4) is 0 Å². The molecule has 0 radical (unpaired) electrons. The molecular weight excluding hydrogens is 266 g/mol. The van der Waals surface area contributed by atoms with Crippen LogP contribution in [0.2, 0.25) is 5.02 Å². The van der Waals surface area contributed by atoms with E-state index in [1.54, 1.807) is 24.3 Å². The average Bonchev–Trinajstić information content (AvgIpc) is 2.26. The second-order valence-corrected chi connectivity index (χ2v) is 5.77. The molecule has 0 amide bonds. The van der Waals surface area contributed by atoms with E-state index in [1.165, 1.54) is 0 Å². The lowest BCUT2D eigenvalue weighted by atomic mass is 10.2. The van der Waals surface area contributed by atoms with Gasteiger partial charge in [-0.3, -0.25) is 4.79 Å². The molecule has 94 valence electrons. The molecule has 0 saturated carbocycles. The number of carboxylic acid groups (broad SMARTS) is 1. The topological polar surface area (TPSA) is 83.5 Å². The van der Waals surface area contributed by atoms with E-state index in [2.05, 4.69) is 4.72 Å². The monoisotopic (exact) mass is 277 g/mol. The second kappa shape index (κ2) is 6.00. The van der Waals surface area contributed by atoms with Gasteiger partial charge in [0, 0.05) is 11.6 Å². The van der Waals surface area contributed by atoms with Crippen molar-refractivity contribution in [3.63, 3.8) is 0 Å². The van der Waals surface area contributed by atoms with Gasteiger partial charge in [0.05, 0.1) is 12.2 Å². The van der Waals surface area contributed by atoms with Crippen LogP contribution in [0.4, 0.5) is 0 Å². The first-order chi connectivity index (χ1) is 7.89. The van der Waals surface area contributed by atoms with Crippen molar-refractivity contribution in [2.24, 2.45) is 0 Å². The minimum Gasteiger partial charge on any atom is -0.481 e. The number of halogens is 1. The first-order valence-corrected chi connectivity index (χ1v) is 6.86. The van der Waals surface area contributed by atoms with Crippen LogP contribution in [-0.2, 0) is 21.4 Å². The van der Waals surface area contributed by atoms with E-state index < -0.39 is 28.2 Å². The molecule has 0 aliphatic heterocycles. The molecule has 17 heavy (non-hydrogen) atoms. The first kappa shape index (κ1) is 14.0. The van der Waals surface area contributed by atoms with Gasteiger partial charge in [-0.2, -0.15) is 0 Å². The molecule has 1 aromatic carbocycles. The van der Waals surface area contributed by atoms with E-state index in [0.29, 0.717) is 5.02 Å². The Morgan fingerprint density at radius 1 is 1.29 bits per heavy atom. The summed E-state index contributed by atoms with van der Waals surface area (Å²) in [5.74, 6) is -1.56. The highest BCUT2D eigenvalue weighted by Crippen LogP contribution is 2.09. The smallest absolute Gasteiger partial charge is 0.304 e. The lowest BCUT2D eigenvalue weighted by molar-refractivity contribution is -0.136. The largest absolute Gasteiger partial charge is 0.481 e. The van der Waals surface area contributed by atoms with Crippen molar-refractivity contribution in [1.82, 2.24) is 4.72 Å². The van der Waals surface area contributed by atoms with Gasteiger partial charge < -0.3 is 5.11 Å². The quantitative estimate of drug-likeness (QED) is 0.819. The summed E-state index contributed by atoms with van der Waals surface area (Å²) in [6.07, 6.45) is -0.407. The summed E-state index contributed by atoms with van der Waals surface area (Å²) in [6, 6.07) is 6.70. The van der Waals surface area contributed by atoms with Crippen molar-refractivity contribution in [2.45, 2.75) is 13.0 Å². The van der Waals surface area contributed by atoms with Crippen LogP contribution in [0.25, 0.3) is 0 Å². The van der Waals surface area contributed by atoms with Gasteiger partial charge in [0.2, 0.25) is 10.0 Å². The lowest BCUT2D eigenvalue weighted by Gasteiger charge is -2.05. The highest BCUT2D eigenvalue weighted by Gasteiger charge is 2.12. The predicted molar refractivity (Wildman–Crippen MR) is 64.3 cm³/mol. The summed E-state index contributed by atoms with van der Waals surface area (Å²) >= 11 is 5.68. The van der Waals surface area contributed by atoms with Crippen LogP contribution in [0.5, 0.6) is 0 Å². The van der Waals surface area contributed by atoms with E-state index >= 15 is 0 Å². The molecule has 0 fully saturated rings. The highest BCUT2D eigenvalue weighted by molar-refractivity contribution is 7.89. The number of carbonyl (C=O) groups is 1. The highest BCUT2D eigenvalue weighted by atomic mass is 35.5. The van der Waals surface area contributed by atoms with Crippen LogP contribution < -0.4 is 4.72 Å². The van der Waals surface area contributed by atoms with Crippen LogP contribution in [0, 0.1) is 0 Å². The SMILES string of the molecule is O=C(O)CCS(=O)(=O)NCc1ccc(Cl)cc1. The van der Waals surface area contributed by atoms with Crippen LogP contribution in [-0.4, -0.2) is 25.2 Å². The molecule has 0 atom stereocenters. The van der Waals surface area contributed by atoms with Gasteiger partial charge in [-0.1, -0.05) is 23.7 Å². The Balaban J connectivity index is 2.49. The standard InChI is InChI=1S/C10H12ClNO4S/c11-9-3-1-8(2-4-9)7-12-17(15,16)6-5-10(13)14/h1-4,12H,5-7H2,(H,13,14). The molecule has 7 heteroatoms. The molecular formula is C10H12ClNO4S. The normalized spacial score (nSPS) is 11.4. The molecule has 0 spiro atoms. The van der Waals surface area contributed by atoms with Gasteiger partial charge in [-0.15, -0.1) is 0 Å². The summed E-state index contributed by atoms with van der Waals surface area (Å²) in [5, 5.41) is 8.96. The maximum Gasteiger partial charge on any atom is 0.304 e. The van der Waals surface area contributed by atoms with Crippen molar-refractivity contribution < 1.29 is 18.3 Å². The number of hydrogen-bond donors (Lipinski definition) is 2. The number of benzene rings is 1. The third kappa shape index (κ3) is 5.67. The molecule has 5 nitrogen and oxygen atoms in total. The Morgan fingerprint density at radius 3 is 2.41 bits per heavy atom. The van der Waals surface area contributed by atoms with Crippen molar-refractivity contribution in [2.75, 3.05) is 5.75 Å². The molecule has 0 saturated heterocycles. The van der Waals surface area contributed by atoms with E-state index in [0.717, 1.165) is 5.56 Å². The molecule has 0 unspecified atom stereocenters. The summed E-state index contributed by atoms with van der Waals surface area (Å²) in [4.78, 5) is 10.3. The van der Waals surface area contributed by atoms with Gasteiger partial charge in [0.25, 0.3) is 0 Å². The van der Waals surface area contributed by atoms with Crippen LogP contribution in [0.3, 0.4) is 0 Å². The van der Waals surface area contributed by atoms with Gasteiger partial charge in [0.1, 0.15) is 0 Å². The number of aliphatic carboxylic acids is 1. The fraction of sp³-hybridized carbons (Fsp3) is 0.300. The van der Waals surface area contributed by atoms with Gasteiger partial charge in [-0.05, 0) is 17.7 Å². The van der Waals surface area contributed by atoms with Crippen LogP contribution >= 0.6 is 11.6 Å². The maximum atomic E-state index is 11.4. The minimum atomic E-state index is -3.55. The predicted octanol–water partition coefficient (Wildman–Crippen LogP) is 1.23. The molecule has 1 aromatic rings. The number of carboxylic acids is 1. The molecule has 0 heterocycles. The summed E-state index contributed by atoms with van der Waals surface area (Å²) in [5.41, 5.74) is 0.758. The Bertz CT molecular complexity index is 484. The molecule has 0 aliphatic rings. The number of sulfonamides is 1. The van der Waals surface area contributed by atoms with E-state index in [9.17, 15) is 13.2 Å². The Hall–Kier alpha value is -1.11. The average molecular weight is 278 g/mol. The first-order valence-electron chi connectivity index (χ1n) is 4.82. The summed E-state index contributed by atoms with van der Waals surface area (Å²) < 4.78 is 25.1. The third-order valence-electron chi connectivity index (χ3n) is 1.99. The zero-order chi connectivity index (χ0) is 12.9. The zero-order valence-electron chi connectivity index (χ0n) is 8.89. The van der Waals surface area contributed by atoms with E-state index in [4.69, 9.17) is 16.7 Å². The Kier molecular flexibility index (Phi) is 4.92. The third-order valence-corrected chi connectivity index (χ3v) is 3.57. The summed E-state index contributed by atoms with van der Waals surface area (Å²) in [7, 11) is -3.55. The lowest BCUT2D eigenvalue weighted by Crippen LogP contribution is -2.27. The van der Waals surface area contributed by atoms with Crippen molar-refractivity contribution in [3.05, 3.63) is 34.9 Å². The molecule has 2 N–H and O–H groups in total. The molecule has 0 aromatic heterocycles. The fourth-order valence-electron chi connectivity index (χ4n) is 1.09. The van der Waals surface area contributed by atoms with E-state index in [-0.39, 0.29) is 6.54 Å². The molecule has 0 bridgehead atoms. The fourth-order valence-corrected chi connectivity index (χ4v) is 2.19. The van der Waals surface area contributed by atoms with Gasteiger partial charge in [-0.25, -0.2) is 13.1 Å². The maximum absolute atomic E-state index is 11.4. The summed E-state index contributed by atoms with van der Waals surface area (Å²) in [6.45, 7) is 0.124. The van der Waals surface area contributed by atoms with Gasteiger partial charge >= 0.3 is 5.97 Å². The Labute approximate surface area is 104 Å². The van der Waals surface area contributed by atoms with Crippen LogP contribution in [0.15, 0.2) is 24.3 Å². The number of hydrogen-bond acceptors (Lipinski definition) is 3. The number of rotatable bonds is 6. The molecule has 1 rings (SSSR count). The Morgan fingerprint density at radius 2 is 1.88 bits per heavy atom. The van der Waals surface area contributed by atoms with Crippen molar-refractivity contribution in [1.29, 1.82) is 0 Å². The van der Waals surface area contributed by atoms with Crippen LogP contribution in [0.1, 0.15) is 12.0 Å². The van der Waals surface area contributed by atoms with Crippen molar-refractivity contribution >= 4 is 27.6 Å². The number of nitrogens with one attached hydrogen (secondary N) is 1. The minimum absolute atomic E-state index is 0.124. The molecule has 0 aliphatic carbocycles. The van der Waals surface area contributed by atoms with E-state index in [1.807, 2.05) is 0 Å². The second-order valence-electron chi connectivity index (χ2n) is 3.41.